The fraction of sp³-hybridized carbons (Fsp3) is 0.571. The van der Waals surface area contributed by atoms with Gasteiger partial charge in [-0.1, -0.05) is 24.3 Å². The fourth-order valence-corrected chi connectivity index (χ4v) is 2.66. The van der Waals surface area contributed by atoms with Gasteiger partial charge in [0.2, 0.25) is 0 Å². The van der Waals surface area contributed by atoms with Crippen LogP contribution in [-0.2, 0) is 12.8 Å². The third kappa shape index (κ3) is 2.83. The summed E-state index contributed by atoms with van der Waals surface area (Å²) in [5.74, 6) is 0.837. The van der Waals surface area contributed by atoms with Crippen LogP contribution < -0.4 is 5.73 Å². The normalized spacial score (nSPS) is 21.5. The van der Waals surface area contributed by atoms with Crippen LogP contribution >= 0.6 is 0 Å². The van der Waals surface area contributed by atoms with E-state index < -0.39 is 0 Å². The molecule has 2 N–H and O–H groups in total. The maximum atomic E-state index is 5.65. The van der Waals surface area contributed by atoms with E-state index in [4.69, 9.17) is 5.73 Å². The van der Waals surface area contributed by atoms with Crippen LogP contribution in [0.4, 0.5) is 0 Å². The van der Waals surface area contributed by atoms with Crippen molar-refractivity contribution in [3.8, 4) is 0 Å². The highest BCUT2D eigenvalue weighted by atomic mass is 15.1. The quantitative estimate of drug-likeness (QED) is 0.833. The fourth-order valence-electron chi connectivity index (χ4n) is 2.66. The summed E-state index contributed by atoms with van der Waals surface area (Å²) in [6.07, 6.45) is 3.58. The molecule has 1 aromatic carbocycles. The van der Waals surface area contributed by atoms with Gasteiger partial charge in [-0.2, -0.15) is 0 Å². The number of nitrogens with zero attached hydrogens (tertiary/aromatic N) is 1. The third-order valence-electron chi connectivity index (χ3n) is 3.53. The minimum absolute atomic E-state index is 0.752. The average Bonchev–Trinajstić information content (AvgIpc) is 2.67. The van der Waals surface area contributed by atoms with Crippen LogP contribution in [0.1, 0.15) is 17.5 Å². The Morgan fingerprint density at radius 2 is 2.06 bits per heavy atom. The Bertz CT molecular complexity index is 335. The Morgan fingerprint density at radius 3 is 2.69 bits per heavy atom. The second-order valence-corrected chi connectivity index (χ2v) is 4.93. The number of benzene rings is 1. The smallest absolute Gasteiger partial charge is 0.00103 e. The molecule has 1 aromatic rings. The molecule has 0 amide bonds. The molecule has 2 heteroatoms. The molecule has 0 radical (unpaired) electrons. The lowest BCUT2D eigenvalue weighted by Gasteiger charge is -2.13. The number of nitrogens with two attached hydrogens (primary N) is 1. The van der Waals surface area contributed by atoms with E-state index in [1.807, 2.05) is 0 Å². The molecule has 1 aliphatic heterocycles. The molecular formula is C14H22N2. The van der Waals surface area contributed by atoms with Gasteiger partial charge in [-0.15, -0.1) is 0 Å². The van der Waals surface area contributed by atoms with Crippen molar-refractivity contribution < 1.29 is 0 Å². The van der Waals surface area contributed by atoms with E-state index in [9.17, 15) is 0 Å². The third-order valence-corrected chi connectivity index (χ3v) is 3.53. The topological polar surface area (TPSA) is 29.3 Å². The van der Waals surface area contributed by atoms with E-state index >= 15 is 0 Å². The molecule has 0 bridgehead atoms. The van der Waals surface area contributed by atoms with Crippen LogP contribution in [0, 0.1) is 5.92 Å². The maximum absolute atomic E-state index is 5.65. The van der Waals surface area contributed by atoms with Gasteiger partial charge < -0.3 is 10.6 Å². The van der Waals surface area contributed by atoms with Crippen LogP contribution in [0.25, 0.3) is 0 Å². The zero-order valence-corrected chi connectivity index (χ0v) is 10.2. The second kappa shape index (κ2) is 5.46. The van der Waals surface area contributed by atoms with Crippen LogP contribution in [0.2, 0.25) is 0 Å². The average molecular weight is 218 g/mol. The number of likely N-dealkylation sites (tertiary alicyclic amines) is 1. The summed E-state index contributed by atoms with van der Waals surface area (Å²) < 4.78 is 0. The molecule has 1 fully saturated rings. The van der Waals surface area contributed by atoms with E-state index in [1.54, 1.807) is 0 Å². The molecule has 0 saturated carbocycles. The summed E-state index contributed by atoms with van der Waals surface area (Å²) in [5.41, 5.74) is 8.60. The largest absolute Gasteiger partial charge is 0.330 e. The SMILES string of the molecule is CN1CCC(Cc2ccccc2CCN)C1. The maximum Gasteiger partial charge on any atom is 0.00103 e. The second-order valence-electron chi connectivity index (χ2n) is 4.93. The molecule has 1 atom stereocenters. The standard InChI is InChI=1S/C14H22N2/c1-16-9-7-12(11-16)10-14-5-3-2-4-13(14)6-8-15/h2-5,12H,6-11,15H2,1H3. The zero-order chi connectivity index (χ0) is 11.4. The lowest BCUT2D eigenvalue weighted by Crippen LogP contribution is -2.15. The molecule has 2 nitrogen and oxygen atoms in total. The van der Waals surface area contributed by atoms with Gasteiger partial charge in [-0.3, -0.25) is 0 Å². The summed E-state index contributed by atoms with van der Waals surface area (Å²) in [4.78, 5) is 2.43. The monoisotopic (exact) mass is 218 g/mol. The Kier molecular flexibility index (Phi) is 3.97. The highest BCUT2D eigenvalue weighted by molar-refractivity contribution is 5.28. The first-order valence-electron chi connectivity index (χ1n) is 6.25. The molecule has 2 rings (SSSR count). The van der Waals surface area contributed by atoms with Gasteiger partial charge in [0.25, 0.3) is 0 Å². The van der Waals surface area contributed by atoms with Gasteiger partial charge in [0.15, 0.2) is 0 Å². The zero-order valence-electron chi connectivity index (χ0n) is 10.2. The number of hydrogen-bond acceptors (Lipinski definition) is 2. The van der Waals surface area contributed by atoms with Crippen molar-refractivity contribution in [1.29, 1.82) is 0 Å². The molecule has 1 saturated heterocycles. The Labute approximate surface area is 98.4 Å². The summed E-state index contributed by atoms with van der Waals surface area (Å²) in [7, 11) is 2.21. The lowest BCUT2D eigenvalue weighted by molar-refractivity contribution is 0.394. The molecule has 0 aromatic heterocycles. The van der Waals surface area contributed by atoms with Crippen LogP contribution in [0.3, 0.4) is 0 Å². The molecule has 0 aliphatic carbocycles. The predicted molar refractivity (Wildman–Crippen MR) is 68.5 cm³/mol. The van der Waals surface area contributed by atoms with Crippen LogP contribution in [0.15, 0.2) is 24.3 Å². The van der Waals surface area contributed by atoms with Gasteiger partial charge in [-0.05, 0) is 56.4 Å². The van der Waals surface area contributed by atoms with E-state index in [0.29, 0.717) is 0 Å². The Hall–Kier alpha value is -0.860. The first-order chi connectivity index (χ1) is 7.79. The highest BCUT2D eigenvalue weighted by Crippen LogP contribution is 2.21. The number of rotatable bonds is 4. The molecule has 88 valence electrons. The van der Waals surface area contributed by atoms with E-state index in [0.717, 1.165) is 18.9 Å². The molecular weight excluding hydrogens is 196 g/mol. The van der Waals surface area contributed by atoms with Crippen LogP contribution in [0.5, 0.6) is 0 Å². The lowest BCUT2D eigenvalue weighted by atomic mass is 9.94. The van der Waals surface area contributed by atoms with Crippen molar-refractivity contribution in [2.45, 2.75) is 19.3 Å². The minimum atomic E-state index is 0.752. The van der Waals surface area contributed by atoms with Crippen molar-refractivity contribution in [1.82, 2.24) is 4.90 Å². The van der Waals surface area contributed by atoms with Gasteiger partial charge in [0.05, 0.1) is 0 Å². The van der Waals surface area contributed by atoms with E-state index in [2.05, 4.69) is 36.2 Å². The van der Waals surface area contributed by atoms with Crippen molar-refractivity contribution in [3.05, 3.63) is 35.4 Å². The van der Waals surface area contributed by atoms with Crippen molar-refractivity contribution in [2.24, 2.45) is 11.7 Å². The summed E-state index contributed by atoms with van der Waals surface area (Å²) in [6.45, 7) is 3.25. The summed E-state index contributed by atoms with van der Waals surface area (Å²) >= 11 is 0. The van der Waals surface area contributed by atoms with Gasteiger partial charge in [0, 0.05) is 6.54 Å². The van der Waals surface area contributed by atoms with Gasteiger partial charge in [-0.25, -0.2) is 0 Å². The van der Waals surface area contributed by atoms with E-state index in [-0.39, 0.29) is 0 Å². The van der Waals surface area contributed by atoms with Crippen LogP contribution in [-0.4, -0.2) is 31.6 Å². The summed E-state index contributed by atoms with van der Waals surface area (Å²) in [5, 5.41) is 0. The molecule has 1 aliphatic rings. The first kappa shape index (κ1) is 11.6. The molecule has 0 spiro atoms. The Morgan fingerprint density at radius 1 is 1.31 bits per heavy atom. The summed E-state index contributed by atoms with van der Waals surface area (Å²) in [6, 6.07) is 8.76. The molecule has 16 heavy (non-hydrogen) atoms. The highest BCUT2D eigenvalue weighted by Gasteiger charge is 2.20. The Balaban J connectivity index is 2.02. The molecule has 1 unspecified atom stereocenters. The number of hydrogen-bond donors (Lipinski definition) is 1. The first-order valence-corrected chi connectivity index (χ1v) is 6.25. The van der Waals surface area contributed by atoms with Crippen molar-refractivity contribution in [3.63, 3.8) is 0 Å². The predicted octanol–water partition coefficient (Wildman–Crippen LogP) is 1.68. The van der Waals surface area contributed by atoms with Crippen molar-refractivity contribution >= 4 is 0 Å². The minimum Gasteiger partial charge on any atom is -0.330 e. The molecule has 1 heterocycles. The van der Waals surface area contributed by atoms with Crippen molar-refractivity contribution in [2.75, 3.05) is 26.7 Å². The van der Waals surface area contributed by atoms with E-state index in [1.165, 1.54) is 37.1 Å². The van der Waals surface area contributed by atoms with Gasteiger partial charge >= 0.3 is 0 Å². The van der Waals surface area contributed by atoms with Gasteiger partial charge in [0.1, 0.15) is 0 Å².